The van der Waals surface area contributed by atoms with Crippen LogP contribution in [0.1, 0.15) is 17.2 Å². The lowest BCUT2D eigenvalue weighted by molar-refractivity contribution is -0.138. The summed E-state index contributed by atoms with van der Waals surface area (Å²) < 4.78 is 1.66. The molecule has 0 aliphatic rings. The van der Waals surface area contributed by atoms with Gasteiger partial charge in [-0.05, 0) is 36.8 Å². The third-order valence-electron chi connectivity index (χ3n) is 2.69. The molecule has 2 rings (SSSR count). The van der Waals surface area contributed by atoms with Gasteiger partial charge in [0.1, 0.15) is 11.7 Å². The van der Waals surface area contributed by atoms with E-state index in [4.69, 9.17) is 0 Å². The van der Waals surface area contributed by atoms with Gasteiger partial charge in [0.05, 0.1) is 12.0 Å². The topological polar surface area (TPSA) is 80.0 Å². The number of carbonyl (C=O) groups is 1. The van der Waals surface area contributed by atoms with E-state index in [0.717, 1.165) is 11.4 Å². The first-order valence-electron chi connectivity index (χ1n) is 5.53. The Hall–Kier alpha value is -1.51. The number of aliphatic carboxylic acids is 1. The minimum absolute atomic E-state index is 0.362. The van der Waals surface area contributed by atoms with Gasteiger partial charge in [0, 0.05) is 12.4 Å². The summed E-state index contributed by atoms with van der Waals surface area (Å²) in [6.07, 6.45) is 5.28. The molecule has 0 saturated heterocycles. The van der Waals surface area contributed by atoms with E-state index in [1.807, 2.05) is 6.07 Å². The smallest absolute Gasteiger partial charge is 0.312 e. The van der Waals surface area contributed by atoms with Crippen molar-refractivity contribution in [1.82, 2.24) is 14.3 Å². The van der Waals surface area contributed by atoms with Crippen LogP contribution in [0.3, 0.4) is 0 Å². The van der Waals surface area contributed by atoms with Crippen LogP contribution in [0.4, 0.5) is 5.82 Å². The minimum Gasteiger partial charge on any atom is -0.481 e. The van der Waals surface area contributed by atoms with Crippen molar-refractivity contribution < 1.29 is 9.90 Å². The highest BCUT2D eigenvalue weighted by Gasteiger charge is 2.22. The highest BCUT2D eigenvalue weighted by Crippen LogP contribution is 2.21. The molecule has 0 aromatic carbocycles. The third kappa shape index (κ3) is 3.49. The Kier molecular flexibility index (Phi) is 4.46. The Balaban J connectivity index is 2.18. The average molecular weight is 296 g/mol. The Morgan fingerprint density at radius 2 is 2.26 bits per heavy atom. The maximum absolute atomic E-state index is 11.3. The van der Waals surface area contributed by atoms with Gasteiger partial charge in [0.2, 0.25) is 0 Å². The lowest BCUT2D eigenvalue weighted by atomic mass is 9.98. The van der Waals surface area contributed by atoms with E-state index in [1.165, 1.54) is 0 Å². The molecule has 0 saturated carbocycles. The number of hydrogen-bond acceptors (Lipinski definition) is 4. The Labute approximate surface area is 115 Å². The zero-order chi connectivity index (χ0) is 13.8. The quantitative estimate of drug-likeness (QED) is 0.818. The van der Waals surface area contributed by atoms with Crippen molar-refractivity contribution in [3.8, 4) is 0 Å². The molecule has 2 aromatic heterocycles. The molecule has 100 valence electrons. The molecule has 2 N–H and O–H groups in total. The van der Waals surface area contributed by atoms with Crippen LogP contribution in [0.25, 0.3) is 0 Å². The number of imidazole rings is 1. The Bertz CT molecular complexity index is 570. The molecule has 3 unspecified atom stereocenters. The molecule has 0 spiro atoms. The predicted molar refractivity (Wildman–Crippen MR) is 79.0 cm³/mol. The number of nitrogens with one attached hydrogen (secondary N) is 1. The third-order valence-corrected chi connectivity index (χ3v) is 3.27. The van der Waals surface area contributed by atoms with E-state index >= 15 is 0 Å². The number of nitrogens with zero attached hydrogens (tertiary/aromatic N) is 3. The maximum atomic E-state index is 11.3. The van der Waals surface area contributed by atoms with E-state index in [2.05, 4.69) is 33.8 Å². The largest absolute Gasteiger partial charge is 0.481 e. The van der Waals surface area contributed by atoms with Crippen LogP contribution in [0.15, 0.2) is 30.9 Å². The lowest BCUT2D eigenvalue weighted by Crippen LogP contribution is -2.15. The molecular formula is C11H14N4O2P2. The first-order chi connectivity index (χ1) is 9.10. The summed E-state index contributed by atoms with van der Waals surface area (Å²) >= 11 is 0. The van der Waals surface area contributed by atoms with E-state index in [0.29, 0.717) is 12.1 Å². The van der Waals surface area contributed by atoms with Crippen molar-refractivity contribution in [3.63, 3.8) is 0 Å². The molecular weight excluding hydrogens is 282 g/mol. The van der Waals surface area contributed by atoms with Crippen LogP contribution in [-0.2, 0) is 11.2 Å². The summed E-state index contributed by atoms with van der Waals surface area (Å²) in [4.78, 5) is 19.6. The van der Waals surface area contributed by atoms with Crippen molar-refractivity contribution in [2.75, 3.05) is 5.09 Å². The molecule has 0 aliphatic carbocycles. The number of carboxylic acids is 1. The highest BCUT2D eigenvalue weighted by molar-refractivity contribution is 7.18. The summed E-state index contributed by atoms with van der Waals surface area (Å²) in [7, 11) is 4.79. The van der Waals surface area contributed by atoms with Gasteiger partial charge in [-0.25, -0.2) is 9.97 Å². The van der Waals surface area contributed by atoms with Gasteiger partial charge in [0.15, 0.2) is 0 Å². The molecule has 2 heterocycles. The van der Waals surface area contributed by atoms with Crippen molar-refractivity contribution >= 4 is 30.6 Å². The second-order valence-electron chi connectivity index (χ2n) is 4.04. The van der Waals surface area contributed by atoms with E-state index in [1.54, 1.807) is 29.1 Å². The molecule has 2 aromatic rings. The number of rotatable bonds is 5. The van der Waals surface area contributed by atoms with E-state index in [9.17, 15) is 9.90 Å². The fourth-order valence-electron chi connectivity index (χ4n) is 1.72. The zero-order valence-corrected chi connectivity index (χ0v) is 12.3. The van der Waals surface area contributed by atoms with Crippen LogP contribution in [0, 0.1) is 0 Å². The molecule has 0 aliphatic heterocycles. The van der Waals surface area contributed by atoms with Crippen LogP contribution in [0.2, 0.25) is 0 Å². The second kappa shape index (κ2) is 6.09. The van der Waals surface area contributed by atoms with Crippen LogP contribution in [-0.4, -0.2) is 25.4 Å². The van der Waals surface area contributed by atoms with Gasteiger partial charge in [0.25, 0.3) is 0 Å². The molecule has 0 amide bonds. The molecule has 19 heavy (non-hydrogen) atoms. The molecule has 8 heteroatoms. The molecule has 0 radical (unpaired) electrons. The first kappa shape index (κ1) is 13.9. The summed E-state index contributed by atoms with van der Waals surface area (Å²) in [5, 5.41) is 12.1. The number of hydrogen-bond donors (Lipinski definition) is 2. The average Bonchev–Trinajstić information content (AvgIpc) is 2.82. The van der Waals surface area contributed by atoms with E-state index in [-0.39, 0.29) is 0 Å². The Morgan fingerprint density at radius 3 is 2.74 bits per heavy atom. The van der Waals surface area contributed by atoms with Crippen molar-refractivity contribution in [2.45, 2.75) is 12.3 Å². The molecule has 0 fully saturated rings. The fraction of sp³-hybridized carbons (Fsp3) is 0.182. The number of carboxylic acid groups (broad SMARTS) is 1. The molecule has 6 nitrogen and oxygen atoms in total. The summed E-state index contributed by atoms with van der Waals surface area (Å²) in [6.45, 7) is 0. The molecule has 3 atom stereocenters. The lowest BCUT2D eigenvalue weighted by Gasteiger charge is -2.10. The van der Waals surface area contributed by atoms with Gasteiger partial charge in [-0.15, -0.1) is 0 Å². The fourth-order valence-corrected chi connectivity index (χ4v) is 2.11. The van der Waals surface area contributed by atoms with Gasteiger partial charge >= 0.3 is 5.97 Å². The van der Waals surface area contributed by atoms with Gasteiger partial charge in [-0.2, -0.15) is 0 Å². The standard InChI is InChI=1S/C11H14N4O2P2/c16-11(17)8(9-5-15(19)6-13-9)3-7-1-2-10(14-18)12-4-7/h1-2,4-6,8H,3,18-19H2,(H,12,14)(H,16,17). The normalized spacial score (nSPS) is 12.1. The zero-order valence-electron chi connectivity index (χ0n) is 10.0. The van der Waals surface area contributed by atoms with Crippen LogP contribution < -0.4 is 5.09 Å². The summed E-state index contributed by atoms with van der Waals surface area (Å²) in [5.41, 5.74) is 1.39. The second-order valence-corrected chi connectivity index (χ2v) is 4.92. The van der Waals surface area contributed by atoms with Crippen molar-refractivity contribution in [1.29, 1.82) is 0 Å². The van der Waals surface area contributed by atoms with Crippen LogP contribution in [0.5, 0.6) is 0 Å². The maximum Gasteiger partial charge on any atom is 0.312 e. The predicted octanol–water partition coefficient (Wildman–Crippen LogP) is 1.53. The van der Waals surface area contributed by atoms with Crippen LogP contribution >= 0.6 is 18.8 Å². The summed E-state index contributed by atoms with van der Waals surface area (Å²) in [6, 6.07) is 3.66. The van der Waals surface area contributed by atoms with E-state index < -0.39 is 11.9 Å². The SMILES string of the molecule is O=C(O)C(Cc1ccc(NP)nc1)c1cn(P)cn1. The van der Waals surface area contributed by atoms with Gasteiger partial charge < -0.3 is 14.5 Å². The van der Waals surface area contributed by atoms with Crippen molar-refractivity contribution in [2.24, 2.45) is 0 Å². The van der Waals surface area contributed by atoms with Gasteiger partial charge in [-0.3, -0.25) is 4.79 Å². The minimum atomic E-state index is -0.892. The monoisotopic (exact) mass is 296 g/mol. The first-order valence-corrected chi connectivity index (χ1v) is 6.63. The summed E-state index contributed by atoms with van der Waals surface area (Å²) in [5.74, 6) is -0.842. The number of anilines is 1. The number of pyridine rings is 1. The highest BCUT2D eigenvalue weighted by atomic mass is 31.0. The number of aromatic nitrogens is 3. The van der Waals surface area contributed by atoms with Crippen molar-refractivity contribution in [3.05, 3.63) is 42.1 Å². The van der Waals surface area contributed by atoms with Gasteiger partial charge in [-0.1, -0.05) is 6.07 Å². The Morgan fingerprint density at radius 1 is 1.47 bits per heavy atom. The molecule has 0 bridgehead atoms.